The number of aliphatic carboxylic acids is 1. The molecular weight excluding hydrogens is 303 g/mol. The van der Waals surface area contributed by atoms with E-state index in [9.17, 15) is 23.9 Å². The number of carboxylic acid groups (broad SMARTS) is 1. The van der Waals surface area contributed by atoms with Gasteiger partial charge in [0.15, 0.2) is 0 Å². The van der Waals surface area contributed by atoms with Gasteiger partial charge >= 0.3 is 5.97 Å². The summed E-state index contributed by atoms with van der Waals surface area (Å²) in [5.41, 5.74) is 0.879. The highest BCUT2D eigenvalue weighted by atomic mass is 19.1. The van der Waals surface area contributed by atoms with Crippen molar-refractivity contribution >= 4 is 23.5 Å². The standard InChI is InChI=1S/C16H17FN2O4/c1-8-6-19(7-12(8)16(22)23)15(21)11-5-14(20)18-13-4-9(17)2-3-10(11)13/h2-4,8,11-12H,5-7H2,1H3,(H,18,20)(H,22,23)/t8-,11?,12-/m1/s1. The van der Waals surface area contributed by atoms with Gasteiger partial charge in [-0.1, -0.05) is 13.0 Å². The molecule has 2 N–H and O–H groups in total. The van der Waals surface area contributed by atoms with Gasteiger partial charge in [-0.05, 0) is 23.6 Å². The summed E-state index contributed by atoms with van der Waals surface area (Å²) in [6, 6.07) is 3.95. The fourth-order valence-electron chi connectivity index (χ4n) is 3.35. The first-order chi connectivity index (χ1) is 10.9. The Labute approximate surface area is 132 Å². The highest BCUT2D eigenvalue weighted by Crippen LogP contribution is 2.35. The number of nitrogens with zero attached hydrogens (tertiary/aromatic N) is 1. The topological polar surface area (TPSA) is 86.7 Å². The van der Waals surface area contributed by atoms with Crippen LogP contribution < -0.4 is 5.32 Å². The summed E-state index contributed by atoms with van der Waals surface area (Å²) >= 11 is 0. The lowest BCUT2D eigenvalue weighted by Gasteiger charge is -2.28. The van der Waals surface area contributed by atoms with Crippen LogP contribution in [0.4, 0.5) is 10.1 Å². The van der Waals surface area contributed by atoms with E-state index in [0.717, 1.165) is 0 Å². The summed E-state index contributed by atoms with van der Waals surface area (Å²) in [7, 11) is 0. The molecule has 0 radical (unpaired) electrons. The quantitative estimate of drug-likeness (QED) is 0.863. The van der Waals surface area contributed by atoms with Gasteiger partial charge in [0.25, 0.3) is 0 Å². The smallest absolute Gasteiger partial charge is 0.308 e. The van der Waals surface area contributed by atoms with Crippen molar-refractivity contribution in [3.63, 3.8) is 0 Å². The average molecular weight is 320 g/mol. The number of fused-ring (bicyclic) bond motifs is 1. The number of likely N-dealkylation sites (tertiary alicyclic amines) is 1. The fraction of sp³-hybridized carbons (Fsp3) is 0.438. The van der Waals surface area contributed by atoms with Crippen molar-refractivity contribution < 1.29 is 23.9 Å². The van der Waals surface area contributed by atoms with E-state index in [1.165, 1.54) is 23.1 Å². The lowest BCUT2D eigenvalue weighted by molar-refractivity contribution is -0.142. The van der Waals surface area contributed by atoms with Crippen molar-refractivity contribution in [2.75, 3.05) is 18.4 Å². The molecule has 0 saturated carbocycles. The Morgan fingerprint density at radius 2 is 2.09 bits per heavy atom. The zero-order valence-corrected chi connectivity index (χ0v) is 12.6. The number of hydrogen-bond donors (Lipinski definition) is 2. The molecule has 2 aliphatic rings. The van der Waals surface area contributed by atoms with Crippen molar-refractivity contribution in [3.8, 4) is 0 Å². The van der Waals surface area contributed by atoms with Crippen LogP contribution >= 0.6 is 0 Å². The number of carbonyl (C=O) groups is 3. The molecule has 2 aliphatic heterocycles. The SMILES string of the molecule is C[C@@H]1CN(C(=O)C2CC(=O)Nc3cc(F)ccc32)C[C@H]1C(=O)O. The van der Waals surface area contributed by atoms with E-state index in [1.54, 1.807) is 6.92 Å². The maximum Gasteiger partial charge on any atom is 0.308 e. The van der Waals surface area contributed by atoms with Gasteiger partial charge in [-0.25, -0.2) is 4.39 Å². The molecule has 0 aliphatic carbocycles. The Morgan fingerprint density at radius 1 is 1.35 bits per heavy atom. The zero-order valence-electron chi connectivity index (χ0n) is 12.6. The summed E-state index contributed by atoms with van der Waals surface area (Å²) in [4.78, 5) is 37.3. The molecule has 0 bridgehead atoms. The van der Waals surface area contributed by atoms with Gasteiger partial charge in [-0.2, -0.15) is 0 Å². The van der Waals surface area contributed by atoms with Crippen LogP contribution in [0, 0.1) is 17.7 Å². The van der Waals surface area contributed by atoms with Gasteiger partial charge in [0.1, 0.15) is 5.82 Å². The Hall–Kier alpha value is -2.44. The summed E-state index contributed by atoms with van der Waals surface area (Å²) in [5, 5.41) is 11.7. The minimum absolute atomic E-state index is 0.0138. The average Bonchev–Trinajstić information content (AvgIpc) is 2.87. The molecule has 1 aromatic rings. The van der Waals surface area contributed by atoms with E-state index in [-0.39, 0.29) is 30.7 Å². The monoisotopic (exact) mass is 320 g/mol. The molecule has 23 heavy (non-hydrogen) atoms. The van der Waals surface area contributed by atoms with Crippen LogP contribution in [0.2, 0.25) is 0 Å². The third kappa shape index (κ3) is 2.78. The number of amides is 2. The van der Waals surface area contributed by atoms with E-state index in [4.69, 9.17) is 0 Å². The first kappa shape index (κ1) is 15.5. The summed E-state index contributed by atoms with van der Waals surface area (Å²) in [5.74, 6) is -3.45. The van der Waals surface area contributed by atoms with Gasteiger partial charge in [0.2, 0.25) is 11.8 Å². The summed E-state index contributed by atoms with van der Waals surface area (Å²) in [6.45, 7) is 2.29. The van der Waals surface area contributed by atoms with Gasteiger partial charge in [0.05, 0.1) is 11.8 Å². The van der Waals surface area contributed by atoms with E-state index < -0.39 is 23.6 Å². The number of rotatable bonds is 2. The molecular formula is C16H17FN2O4. The van der Waals surface area contributed by atoms with Gasteiger partial charge in [0, 0.05) is 25.2 Å². The Bertz CT molecular complexity index is 691. The first-order valence-electron chi connectivity index (χ1n) is 7.47. The van der Waals surface area contributed by atoms with E-state index in [1.807, 2.05) is 0 Å². The predicted molar refractivity (Wildman–Crippen MR) is 79.3 cm³/mol. The van der Waals surface area contributed by atoms with Gasteiger partial charge in [-0.3, -0.25) is 14.4 Å². The van der Waals surface area contributed by atoms with Crippen LogP contribution in [0.1, 0.15) is 24.8 Å². The van der Waals surface area contributed by atoms with Crippen LogP contribution in [0.5, 0.6) is 0 Å². The molecule has 1 fully saturated rings. The number of carbonyl (C=O) groups excluding carboxylic acids is 2. The lowest BCUT2D eigenvalue weighted by Crippen LogP contribution is -2.38. The third-order valence-electron chi connectivity index (χ3n) is 4.59. The summed E-state index contributed by atoms with van der Waals surface area (Å²) in [6.07, 6.45) is -0.0138. The van der Waals surface area contributed by atoms with Gasteiger partial charge in [-0.15, -0.1) is 0 Å². The van der Waals surface area contributed by atoms with Crippen molar-refractivity contribution in [1.29, 1.82) is 0 Å². The predicted octanol–water partition coefficient (Wildman–Crippen LogP) is 1.43. The van der Waals surface area contributed by atoms with Crippen LogP contribution in [-0.2, 0) is 14.4 Å². The molecule has 1 saturated heterocycles. The second-order valence-corrected chi connectivity index (χ2v) is 6.20. The molecule has 7 heteroatoms. The van der Waals surface area contributed by atoms with Crippen molar-refractivity contribution in [3.05, 3.63) is 29.6 Å². The molecule has 3 atom stereocenters. The number of nitrogens with one attached hydrogen (secondary N) is 1. The second-order valence-electron chi connectivity index (χ2n) is 6.20. The van der Waals surface area contributed by atoms with E-state index in [2.05, 4.69) is 5.32 Å². The van der Waals surface area contributed by atoms with Crippen LogP contribution in [0.3, 0.4) is 0 Å². The highest BCUT2D eigenvalue weighted by Gasteiger charge is 2.41. The van der Waals surface area contributed by atoms with Crippen molar-refractivity contribution in [1.82, 2.24) is 4.90 Å². The van der Waals surface area contributed by atoms with E-state index in [0.29, 0.717) is 17.8 Å². The molecule has 3 rings (SSSR count). The number of carboxylic acids is 1. The molecule has 6 nitrogen and oxygen atoms in total. The minimum atomic E-state index is -0.920. The minimum Gasteiger partial charge on any atom is -0.481 e. The maximum atomic E-state index is 13.3. The molecule has 1 aromatic carbocycles. The Morgan fingerprint density at radius 3 is 2.74 bits per heavy atom. The van der Waals surface area contributed by atoms with Crippen molar-refractivity contribution in [2.24, 2.45) is 11.8 Å². The second kappa shape index (κ2) is 5.64. The van der Waals surface area contributed by atoms with Crippen LogP contribution in [0.15, 0.2) is 18.2 Å². The number of anilines is 1. The maximum absolute atomic E-state index is 13.3. The molecule has 2 amide bonds. The summed E-state index contributed by atoms with van der Waals surface area (Å²) < 4.78 is 13.3. The number of benzene rings is 1. The van der Waals surface area contributed by atoms with E-state index >= 15 is 0 Å². The van der Waals surface area contributed by atoms with Crippen LogP contribution in [-0.4, -0.2) is 40.9 Å². The first-order valence-corrected chi connectivity index (χ1v) is 7.47. The van der Waals surface area contributed by atoms with Crippen molar-refractivity contribution in [2.45, 2.75) is 19.3 Å². The van der Waals surface area contributed by atoms with Crippen LogP contribution in [0.25, 0.3) is 0 Å². The number of hydrogen-bond acceptors (Lipinski definition) is 3. The zero-order chi connectivity index (χ0) is 16.7. The Balaban J connectivity index is 1.86. The molecule has 0 spiro atoms. The normalized spacial score (nSPS) is 26.6. The lowest BCUT2D eigenvalue weighted by atomic mass is 9.89. The molecule has 0 aromatic heterocycles. The van der Waals surface area contributed by atoms with Gasteiger partial charge < -0.3 is 15.3 Å². The number of halogens is 1. The third-order valence-corrected chi connectivity index (χ3v) is 4.59. The largest absolute Gasteiger partial charge is 0.481 e. The Kier molecular flexibility index (Phi) is 3.79. The molecule has 1 unspecified atom stereocenters. The molecule has 122 valence electrons. The fourth-order valence-corrected chi connectivity index (χ4v) is 3.35. The molecule has 2 heterocycles. The highest BCUT2D eigenvalue weighted by molar-refractivity contribution is 6.01.